The lowest BCUT2D eigenvalue weighted by molar-refractivity contribution is -0.385. The van der Waals surface area contributed by atoms with E-state index < -0.39 is 28.2 Å². The molecule has 0 spiro atoms. The number of phenols is 1. The Morgan fingerprint density at radius 3 is 2.36 bits per heavy atom. The van der Waals surface area contributed by atoms with Gasteiger partial charge in [-0.2, -0.15) is 0 Å². The molecule has 2 aromatic rings. The smallest absolute Gasteiger partial charge is 0.340 e. The average Bonchev–Trinajstić information content (AvgIpc) is 2.67. The van der Waals surface area contributed by atoms with Crippen LogP contribution in [0.4, 0.5) is 11.4 Å². The SMILES string of the molecule is CCOC(=O)c1cc(OC)c(OC)cc1NC(=O)c1ccc(O)c([N+](=O)[O-])c1. The van der Waals surface area contributed by atoms with Gasteiger partial charge in [-0.25, -0.2) is 4.79 Å². The molecule has 0 unspecified atom stereocenters. The lowest BCUT2D eigenvalue weighted by Gasteiger charge is -2.15. The van der Waals surface area contributed by atoms with E-state index in [1.54, 1.807) is 6.92 Å². The number of methoxy groups -OCH3 is 2. The molecule has 0 saturated carbocycles. The first-order valence-electron chi connectivity index (χ1n) is 8.04. The van der Waals surface area contributed by atoms with Crippen molar-refractivity contribution < 1.29 is 33.8 Å². The maximum Gasteiger partial charge on any atom is 0.340 e. The van der Waals surface area contributed by atoms with Crippen LogP contribution in [0.3, 0.4) is 0 Å². The van der Waals surface area contributed by atoms with E-state index in [1.807, 2.05) is 0 Å². The summed E-state index contributed by atoms with van der Waals surface area (Å²) < 4.78 is 15.3. The number of phenolic OH excluding ortho intramolecular Hbond substituents is 1. The van der Waals surface area contributed by atoms with Crippen LogP contribution >= 0.6 is 0 Å². The highest BCUT2D eigenvalue weighted by Crippen LogP contribution is 2.34. The Morgan fingerprint density at radius 2 is 1.79 bits per heavy atom. The quantitative estimate of drug-likeness (QED) is 0.418. The van der Waals surface area contributed by atoms with E-state index in [9.17, 15) is 24.8 Å². The number of nitrogens with zero attached hydrogens (tertiary/aromatic N) is 1. The molecule has 2 rings (SSSR count). The normalized spacial score (nSPS) is 10.1. The number of nitro benzene ring substituents is 1. The lowest BCUT2D eigenvalue weighted by Crippen LogP contribution is -2.16. The summed E-state index contributed by atoms with van der Waals surface area (Å²) in [6.45, 7) is 1.75. The Labute approximate surface area is 159 Å². The Bertz CT molecular complexity index is 926. The lowest BCUT2D eigenvalue weighted by atomic mass is 10.1. The van der Waals surface area contributed by atoms with E-state index in [0.29, 0.717) is 0 Å². The molecule has 0 heterocycles. The molecule has 0 aliphatic heterocycles. The van der Waals surface area contributed by atoms with Crippen molar-refractivity contribution in [3.05, 3.63) is 51.6 Å². The third kappa shape index (κ3) is 4.29. The number of aromatic hydroxyl groups is 1. The standard InChI is InChI=1S/C18H18N2O8/c1-4-28-18(23)11-8-15(26-2)16(27-3)9-12(11)19-17(22)10-5-6-14(21)13(7-10)20(24)25/h5-9,21H,4H2,1-3H3,(H,19,22). The Hall–Kier alpha value is -3.82. The molecule has 10 heteroatoms. The number of amides is 1. The van der Waals surface area contributed by atoms with Crippen molar-refractivity contribution in [1.82, 2.24) is 0 Å². The summed E-state index contributed by atoms with van der Waals surface area (Å²) in [6.07, 6.45) is 0. The van der Waals surface area contributed by atoms with Gasteiger partial charge in [0, 0.05) is 23.8 Å². The van der Waals surface area contributed by atoms with Crippen LogP contribution in [0, 0.1) is 10.1 Å². The fraction of sp³-hybridized carbons (Fsp3) is 0.222. The Kier molecular flexibility index (Phi) is 6.38. The highest BCUT2D eigenvalue weighted by Gasteiger charge is 2.22. The number of hydrogen-bond donors (Lipinski definition) is 2. The topological polar surface area (TPSA) is 137 Å². The fourth-order valence-electron chi connectivity index (χ4n) is 2.37. The van der Waals surface area contributed by atoms with Crippen LogP contribution in [0.25, 0.3) is 0 Å². The highest BCUT2D eigenvalue weighted by molar-refractivity contribution is 6.08. The van der Waals surface area contributed by atoms with Crippen LogP contribution in [0.5, 0.6) is 17.2 Å². The number of esters is 1. The molecule has 0 aliphatic carbocycles. The zero-order chi connectivity index (χ0) is 20.8. The number of hydrogen-bond acceptors (Lipinski definition) is 8. The van der Waals surface area contributed by atoms with E-state index >= 15 is 0 Å². The van der Waals surface area contributed by atoms with Gasteiger partial charge < -0.3 is 24.6 Å². The molecule has 1 amide bonds. The van der Waals surface area contributed by atoms with E-state index in [2.05, 4.69) is 5.32 Å². The van der Waals surface area contributed by atoms with Gasteiger partial charge in [0.2, 0.25) is 0 Å². The number of anilines is 1. The van der Waals surface area contributed by atoms with Crippen molar-refractivity contribution in [3.8, 4) is 17.2 Å². The second-order valence-corrected chi connectivity index (χ2v) is 5.39. The van der Waals surface area contributed by atoms with Crippen LogP contribution in [0.15, 0.2) is 30.3 Å². The van der Waals surface area contributed by atoms with Crippen molar-refractivity contribution in [2.24, 2.45) is 0 Å². The number of nitrogens with one attached hydrogen (secondary N) is 1. The Balaban J connectivity index is 2.46. The van der Waals surface area contributed by atoms with Gasteiger partial charge in [0.15, 0.2) is 17.2 Å². The minimum Gasteiger partial charge on any atom is -0.502 e. The maximum atomic E-state index is 12.5. The second kappa shape index (κ2) is 8.71. The van der Waals surface area contributed by atoms with Crippen molar-refractivity contribution in [1.29, 1.82) is 0 Å². The van der Waals surface area contributed by atoms with Crippen LogP contribution < -0.4 is 14.8 Å². The molecule has 0 radical (unpaired) electrons. The second-order valence-electron chi connectivity index (χ2n) is 5.39. The van der Waals surface area contributed by atoms with Crippen LogP contribution in [-0.4, -0.2) is 42.7 Å². The fourth-order valence-corrected chi connectivity index (χ4v) is 2.37. The zero-order valence-corrected chi connectivity index (χ0v) is 15.3. The maximum absolute atomic E-state index is 12.5. The molecule has 0 aliphatic rings. The van der Waals surface area contributed by atoms with Crippen LogP contribution in [0.2, 0.25) is 0 Å². The van der Waals surface area contributed by atoms with Gasteiger partial charge in [-0.1, -0.05) is 0 Å². The van der Waals surface area contributed by atoms with Crippen LogP contribution in [0.1, 0.15) is 27.6 Å². The molecule has 0 atom stereocenters. The van der Waals surface area contributed by atoms with Gasteiger partial charge in [-0.3, -0.25) is 14.9 Å². The van der Waals surface area contributed by atoms with E-state index in [1.165, 1.54) is 32.4 Å². The number of benzene rings is 2. The molecule has 0 saturated heterocycles. The number of carbonyl (C=O) groups is 2. The predicted molar refractivity (Wildman–Crippen MR) is 98.2 cm³/mol. The summed E-state index contributed by atoms with van der Waals surface area (Å²) in [6, 6.07) is 5.90. The summed E-state index contributed by atoms with van der Waals surface area (Å²) in [5.41, 5.74) is -0.627. The minimum absolute atomic E-state index is 0.0149. The summed E-state index contributed by atoms with van der Waals surface area (Å²) in [5, 5.41) is 23.0. The molecule has 2 N–H and O–H groups in total. The average molecular weight is 390 g/mol. The molecule has 0 bridgehead atoms. The van der Waals surface area contributed by atoms with E-state index in [4.69, 9.17) is 14.2 Å². The van der Waals surface area contributed by atoms with Gasteiger partial charge in [-0.15, -0.1) is 0 Å². The zero-order valence-electron chi connectivity index (χ0n) is 15.3. The summed E-state index contributed by atoms with van der Waals surface area (Å²) in [5.74, 6) is -1.50. The van der Waals surface area contributed by atoms with Crippen molar-refractivity contribution >= 4 is 23.3 Å². The van der Waals surface area contributed by atoms with Gasteiger partial charge in [0.25, 0.3) is 5.91 Å². The number of rotatable bonds is 7. The summed E-state index contributed by atoms with van der Waals surface area (Å²) in [7, 11) is 2.78. The van der Waals surface area contributed by atoms with Gasteiger partial charge in [0.05, 0.1) is 37.0 Å². The van der Waals surface area contributed by atoms with Gasteiger partial charge >= 0.3 is 11.7 Å². The van der Waals surface area contributed by atoms with Crippen LogP contribution in [-0.2, 0) is 4.74 Å². The first-order valence-corrected chi connectivity index (χ1v) is 8.04. The molecule has 2 aromatic carbocycles. The highest BCUT2D eigenvalue weighted by atomic mass is 16.6. The van der Waals surface area contributed by atoms with E-state index in [0.717, 1.165) is 12.1 Å². The Morgan fingerprint density at radius 1 is 1.14 bits per heavy atom. The largest absolute Gasteiger partial charge is 0.502 e. The number of ether oxygens (including phenoxy) is 3. The number of nitro groups is 1. The monoisotopic (exact) mass is 390 g/mol. The molecule has 148 valence electrons. The minimum atomic E-state index is -0.813. The van der Waals surface area contributed by atoms with Gasteiger partial charge in [-0.05, 0) is 19.1 Å². The molecular weight excluding hydrogens is 372 g/mol. The summed E-state index contributed by atoms with van der Waals surface area (Å²) in [4.78, 5) is 34.9. The third-order valence-electron chi connectivity index (χ3n) is 3.70. The van der Waals surface area contributed by atoms with Gasteiger partial charge in [0.1, 0.15) is 0 Å². The number of carbonyl (C=O) groups excluding carboxylic acids is 2. The predicted octanol–water partition coefficient (Wildman–Crippen LogP) is 2.75. The molecule has 28 heavy (non-hydrogen) atoms. The molecule has 0 aromatic heterocycles. The molecule has 10 nitrogen and oxygen atoms in total. The first-order chi connectivity index (χ1) is 13.3. The first kappa shape index (κ1) is 20.5. The summed E-state index contributed by atoms with van der Waals surface area (Å²) >= 11 is 0. The van der Waals surface area contributed by atoms with E-state index in [-0.39, 0.29) is 34.9 Å². The van der Waals surface area contributed by atoms with Crippen molar-refractivity contribution in [2.75, 3.05) is 26.1 Å². The molecular formula is C18H18N2O8. The molecule has 0 fully saturated rings. The van der Waals surface area contributed by atoms with Crippen molar-refractivity contribution in [3.63, 3.8) is 0 Å². The van der Waals surface area contributed by atoms with Crippen molar-refractivity contribution in [2.45, 2.75) is 6.92 Å². The third-order valence-corrected chi connectivity index (χ3v) is 3.70.